The van der Waals surface area contributed by atoms with Gasteiger partial charge in [0.1, 0.15) is 17.1 Å². The van der Waals surface area contributed by atoms with E-state index in [1.54, 1.807) is 26.8 Å². The van der Waals surface area contributed by atoms with E-state index >= 15 is 0 Å². The molecule has 0 bridgehead atoms. The van der Waals surface area contributed by atoms with Crippen LogP contribution in [0.15, 0.2) is 34.7 Å². The van der Waals surface area contributed by atoms with E-state index in [0.29, 0.717) is 23.0 Å². The summed E-state index contributed by atoms with van der Waals surface area (Å²) in [5.74, 6) is 0.515. The van der Waals surface area contributed by atoms with Crippen LogP contribution in [0.25, 0.3) is 0 Å². The molecule has 0 aliphatic carbocycles. The summed E-state index contributed by atoms with van der Waals surface area (Å²) in [6.45, 7) is 9.21. The van der Waals surface area contributed by atoms with Crippen molar-refractivity contribution in [1.82, 2.24) is 0 Å². The Hall–Kier alpha value is -2.56. The third kappa shape index (κ3) is 4.50. The third-order valence-electron chi connectivity index (χ3n) is 4.28. The van der Waals surface area contributed by atoms with Crippen LogP contribution in [0.3, 0.4) is 0 Å². The predicted octanol–water partition coefficient (Wildman–Crippen LogP) is 4.59. The third-order valence-corrected chi connectivity index (χ3v) is 4.28. The summed E-state index contributed by atoms with van der Waals surface area (Å²) < 4.78 is 10.6. The van der Waals surface area contributed by atoms with Crippen molar-refractivity contribution in [2.24, 2.45) is 0 Å². The number of furan rings is 1. The number of hydrogen-bond acceptors (Lipinski definition) is 4. The van der Waals surface area contributed by atoms with E-state index in [-0.39, 0.29) is 5.91 Å². The van der Waals surface area contributed by atoms with Gasteiger partial charge in [-0.3, -0.25) is 4.79 Å². The largest absolute Gasteiger partial charge is 0.466 e. The van der Waals surface area contributed by atoms with Gasteiger partial charge in [-0.15, -0.1) is 0 Å². The van der Waals surface area contributed by atoms with E-state index in [1.807, 2.05) is 24.3 Å². The van der Waals surface area contributed by atoms with Crippen molar-refractivity contribution in [3.8, 4) is 0 Å². The maximum absolute atomic E-state index is 12.4. The number of nitrogens with one attached hydrogen (secondary N) is 1. The molecule has 5 nitrogen and oxygen atoms in total. The molecule has 2 atom stereocenters. The Labute approximate surface area is 148 Å². The van der Waals surface area contributed by atoms with Crippen LogP contribution in [0.1, 0.15) is 60.6 Å². The molecule has 0 saturated heterocycles. The lowest BCUT2D eigenvalue weighted by Crippen LogP contribution is -2.30. The molecule has 0 fully saturated rings. The standard InChI is InChI=1S/C20H25NO4/c1-6-12(2)16-9-7-8-10-18(16)21-19(22)15(5)25-20(23)17-11-13(3)24-14(17)4/h7-12,15H,6H2,1-5H3,(H,21,22)/t12-,15+/m1/s1. The van der Waals surface area contributed by atoms with Crippen molar-refractivity contribution in [3.05, 3.63) is 53.0 Å². The lowest BCUT2D eigenvalue weighted by molar-refractivity contribution is -0.123. The number of rotatable bonds is 6. The number of aryl methyl sites for hydroxylation is 2. The molecule has 0 unspecified atom stereocenters. The van der Waals surface area contributed by atoms with Crippen molar-refractivity contribution < 1.29 is 18.7 Å². The first-order valence-corrected chi connectivity index (χ1v) is 8.51. The molecule has 134 valence electrons. The molecule has 25 heavy (non-hydrogen) atoms. The van der Waals surface area contributed by atoms with Crippen LogP contribution >= 0.6 is 0 Å². The predicted molar refractivity (Wildman–Crippen MR) is 96.8 cm³/mol. The average Bonchev–Trinajstić information content (AvgIpc) is 2.93. The zero-order valence-electron chi connectivity index (χ0n) is 15.4. The smallest absolute Gasteiger partial charge is 0.342 e. The highest BCUT2D eigenvalue weighted by Gasteiger charge is 2.23. The van der Waals surface area contributed by atoms with E-state index in [2.05, 4.69) is 19.2 Å². The van der Waals surface area contributed by atoms with Crippen LogP contribution in [0, 0.1) is 13.8 Å². The van der Waals surface area contributed by atoms with Gasteiger partial charge in [0, 0.05) is 5.69 Å². The lowest BCUT2D eigenvalue weighted by atomic mass is 9.97. The molecule has 1 N–H and O–H groups in total. The van der Waals surface area contributed by atoms with Gasteiger partial charge in [0.15, 0.2) is 6.10 Å². The van der Waals surface area contributed by atoms with Gasteiger partial charge in [0.2, 0.25) is 0 Å². The van der Waals surface area contributed by atoms with Gasteiger partial charge in [0.05, 0.1) is 0 Å². The Kier molecular flexibility index (Phi) is 6.02. The molecular weight excluding hydrogens is 318 g/mol. The van der Waals surface area contributed by atoms with Gasteiger partial charge in [-0.2, -0.15) is 0 Å². The van der Waals surface area contributed by atoms with Crippen LogP contribution in [0.2, 0.25) is 0 Å². The molecule has 2 rings (SSSR count). The van der Waals surface area contributed by atoms with E-state index in [0.717, 1.165) is 17.7 Å². The van der Waals surface area contributed by atoms with Crippen molar-refractivity contribution >= 4 is 17.6 Å². The van der Waals surface area contributed by atoms with Crippen LogP contribution in [-0.4, -0.2) is 18.0 Å². The number of esters is 1. The number of carbonyl (C=O) groups excluding carboxylic acids is 2. The van der Waals surface area contributed by atoms with Gasteiger partial charge < -0.3 is 14.5 Å². The minimum Gasteiger partial charge on any atom is -0.466 e. The van der Waals surface area contributed by atoms with E-state index in [4.69, 9.17) is 9.15 Å². The highest BCUT2D eigenvalue weighted by molar-refractivity contribution is 5.98. The number of carbonyl (C=O) groups is 2. The molecule has 0 aliphatic heterocycles. The van der Waals surface area contributed by atoms with Crippen molar-refractivity contribution in [2.75, 3.05) is 5.32 Å². The minimum absolute atomic E-state index is 0.325. The molecule has 5 heteroatoms. The molecule has 1 amide bonds. The van der Waals surface area contributed by atoms with Crippen LogP contribution in [-0.2, 0) is 9.53 Å². The zero-order valence-corrected chi connectivity index (χ0v) is 15.4. The topological polar surface area (TPSA) is 68.5 Å². The van der Waals surface area contributed by atoms with Gasteiger partial charge in [-0.05, 0) is 50.8 Å². The van der Waals surface area contributed by atoms with Crippen molar-refractivity contribution in [3.63, 3.8) is 0 Å². The fourth-order valence-electron chi connectivity index (χ4n) is 2.61. The number of anilines is 1. The molecule has 1 heterocycles. The SMILES string of the molecule is CC[C@@H](C)c1ccccc1NC(=O)[C@H](C)OC(=O)c1cc(C)oc1C. The van der Waals surface area contributed by atoms with E-state index in [9.17, 15) is 9.59 Å². The Morgan fingerprint density at radius 2 is 1.88 bits per heavy atom. The molecule has 0 aliphatic rings. The summed E-state index contributed by atoms with van der Waals surface area (Å²) in [5, 5.41) is 2.86. The first kappa shape index (κ1) is 18.8. The van der Waals surface area contributed by atoms with E-state index < -0.39 is 12.1 Å². The fraction of sp³-hybridized carbons (Fsp3) is 0.400. The Bertz CT molecular complexity index is 763. The first-order valence-electron chi connectivity index (χ1n) is 8.51. The molecule has 2 aromatic rings. The summed E-state index contributed by atoms with van der Waals surface area (Å²) in [7, 11) is 0. The number of para-hydroxylation sites is 1. The summed E-state index contributed by atoms with van der Waals surface area (Å²) in [6.07, 6.45) is 0.0587. The van der Waals surface area contributed by atoms with Gasteiger partial charge in [-0.25, -0.2) is 4.79 Å². The quantitative estimate of drug-likeness (QED) is 0.779. The monoisotopic (exact) mass is 343 g/mol. The highest BCUT2D eigenvalue weighted by atomic mass is 16.5. The highest BCUT2D eigenvalue weighted by Crippen LogP contribution is 2.26. The Morgan fingerprint density at radius 1 is 1.20 bits per heavy atom. The minimum atomic E-state index is -0.910. The summed E-state index contributed by atoms with van der Waals surface area (Å²) >= 11 is 0. The average molecular weight is 343 g/mol. The number of hydrogen-bond donors (Lipinski definition) is 1. The summed E-state index contributed by atoms with van der Waals surface area (Å²) in [5.41, 5.74) is 2.16. The maximum Gasteiger partial charge on any atom is 0.342 e. The number of benzene rings is 1. The summed E-state index contributed by atoms with van der Waals surface area (Å²) in [6, 6.07) is 9.29. The maximum atomic E-state index is 12.4. The second-order valence-corrected chi connectivity index (χ2v) is 6.26. The first-order chi connectivity index (χ1) is 11.8. The second-order valence-electron chi connectivity index (χ2n) is 6.26. The molecule has 0 saturated carbocycles. The van der Waals surface area contributed by atoms with Gasteiger partial charge in [0.25, 0.3) is 5.91 Å². The normalized spacial score (nSPS) is 13.2. The molecule has 0 radical (unpaired) electrons. The lowest BCUT2D eigenvalue weighted by Gasteiger charge is -2.18. The number of ether oxygens (including phenoxy) is 1. The van der Waals surface area contributed by atoms with Crippen molar-refractivity contribution in [1.29, 1.82) is 0 Å². The van der Waals surface area contributed by atoms with Gasteiger partial charge in [-0.1, -0.05) is 32.0 Å². The van der Waals surface area contributed by atoms with Crippen LogP contribution in [0.5, 0.6) is 0 Å². The van der Waals surface area contributed by atoms with Crippen LogP contribution in [0.4, 0.5) is 5.69 Å². The summed E-state index contributed by atoms with van der Waals surface area (Å²) in [4.78, 5) is 24.6. The Balaban J connectivity index is 2.06. The van der Waals surface area contributed by atoms with E-state index in [1.165, 1.54) is 0 Å². The second kappa shape index (κ2) is 8.01. The van der Waals surface area contributed by atoms with Crippen LogP contribution < -0.4 is 5.32 Å². The number of amides is 1. The molecule has 1 aromatic carbocycles. The Morgan fingerprint density at radius 3 is 2.48 bits per heavy atom. The van der Waals surface area contributed by atoms with Crippen molar-refractivity contribution in [2.45, 2.75) is 53.1 Å². The molecule has 0 spiro atoms. The molecular formula is C20H25NO4. The molecule has 1 aromatic heterocycles. The zero-order chi connectivity index (χ0) is 18.6. The van der Waals surface area contributed by atoms with Gasteiger partial charge >= 0.3 is 5.97 Å². The fourth-order valence-corrected chi connectivity index (χ4v) is 2.61.